The molecule has 0 aliphatic heterocycles. The van der Waals surface area contributed by atoms with Gasteiger partial charge in [0.1, 0.15) is 17.9 Å². The highest BCUT2D eigenvalue weighted by Crippen LogP contribution is 2.36. The largest absolute Gasteiger partial charge is 0.435 e. The number of nitrogens with two attached hydrogens (primary N) is 1. The summed E-state index contributed by atoms with van der Waals surface area (Å²) in [6.07, 6.45) is -11.1. The number of hydrogen-bond donors (Lipinski definition) is 1. The van der Waals surface area contributed by atoms with E-state index in [1.807, 2.05) is 0 Å². The maximum atomic E-state index is 13.4. The molecule has 3 aromatic rings. The predicted molar refractivity (Wildman–Crippen MR) is 101 cm³/mol. The zero-order valence-corrected chi connectivity index (χ0v) is 17.5. The third-order valence-electron chi connectivity index (χ3n) is 4.91. The van der Waals surface area contributed by atoms with Crippen LogP contribution in [0.2, 0.25) is 0 Å². The molecule has 0 saturated heterocycles. The Balaban J connectivity index is 1.70. The molecule has 36 heavy (non-hydrogen) atoms. The average molecular weight is 525 g/mol. The maximum absolute atomic E-state index is 13.4. The molecule has 0 radical (unpaired) electrons. The van der Waals surface area contributed by atoms with Gasteiger partial charge in [-0.05, 0) is 25.0 Å². The van der Waals surface area contributed by atoms with Crippen molar-refractivity contribution in [2.75, 3.05) is 0 Å². The van der Waals surface area contributed by atoms with Gasteiger partial charge in [-0.15, -0.1) is 0 Å². The molecule has 192 valence electrons. The summed E-state index contributed by atoms with van der Waals surface area (Å²) in [5, 5.41) is 7.02. The molecule has 0 bridgehead atoms. The van der Waals surface area contributed by atoms with Crippen LogP contribution in [0, 0.1) is 0 Å². The lowest BCUT2D eigenvalue weighted by molar-refractivity contribution is -0.148. The molecule has 0 fully saturated rings. The summed E-state index contributed by atoms with van der Waals surface area (Å²) >= 11 is 0. The van der Waals surface area contributed by atoms with Gasteiger partial charge >= 0.3 is 18.5 Å². The number of fused-ring (bicyclic) bond motifs is 1. The number of halogens is 9. The van der Waals surface area contributed by atoms with Gasteiger partial charge in [-0.25, -0.2) is 9.97 Å². The van der Waals surface area contributed by atoms with Crippen molar-refractivity contribution in [3.8, 4) is 0 Å². The van der Waals surface area contributed by atoms with Crippen LogP contribution in [0.5, 0.6) is 0 Å². The first-order valence-corrected chi connectivity index (χ1v) is 9.80. The van der Waals surface area contributed by atoms with Crippen molar-refractivity contribution in [3.05, 3.63) is 64.2 Å². The lowest BCUT2D eigenvalue weighted by atomic mass is 10.0. The van der Waals surface area contributed by atoms with Crippen molar-refractivity contribution in [1.82, 2.24) is 29.9 Å². The zero-order chi connectivity index (χ0) is 26.5. The molecule has 3 aromatic heterocycles. The van der Waals surface area contributed by atoms with Crippen molar-refractivity contribution >= 4 is 11.6 Å². The topological polar surface area (TPSA) is 109 Å². The summed E-state index contributed by atoms with van der Waals surface area (Å²) in [7, 11) is 0. The standard InChI is InChI=1S/C19H12F9N7O/c20-17(21,22)11-5-12(18(23,24)25)31-15(30-11)9(6-29)16-32-13(36-34-16)7-35-10-4-2-1-3-8(10)14(33-35)19(26,27)28/h2,4-6H,1,3,7,29H2. The molecule has 1 aliphatic carbocycles. The maximum Gasteiger partial charge on any atom is 0.435 e. The Labute approximate surface area is 194 Å². The van der Waals surface area contributed by atoms with Gasteiger partial charge in [-0.1, -0.05) is 11.2 Å². The van der Waals surface area contributed by atoms with Crippen LogP contribution in [-0.2, 0) is 31.5 Å². The summed E-state index contributed by atoms with van der Waals surface area (Å²) in [6.45, 7) is -0.481. The summed E-state index contributed by atoms with van der Waals surface area (Å²) in [5.74, 6) is -2.04. The fraction of sp³-hybridized carbons (Fsp3) is 0.316. The van der Waals surface area contributed by atoms with E-state index in [2.05, 4.69) is 25.2 Å². The molecule has 0 amide bonds. The van der Waals surface area contributed by atoms with E-state index in [1.54, 1.807) is 6.08 Å². The molecule has 17 heteroatoms. The molecule has 4 rings (SSSR count). The van der Waals surface area contributed by atoms with Gasteiger partial charge in [-0.2, -0.15) is 49.6 Å². The summed E-state index contributed by atoms with van der Waals surface area (Å²) in [5.41, 5.74) is -0.0358. The molecule has 0 aromatic carbocycles. The second-order valence-corrected chi connectivity index (χ2v) is 7.36. The molecule has 1 aliphatic rings. The van der Waals surface area contributed by atoms with Crippen molar-refractivity contribution in [3.63, 3.8) is 0 Å². The van der Waals surface area contributed by atoms with E-state index in [0.29, 0.717) is 12.6 Å². The Hall–Kier alpha value is -3.92. The minimum atomic E-state index is -5.25. The van der Waals surface area contributed by atoms with Crippen LogP contribution in [0.15, 0.2) is 22.9 Å². The van der Waals surface area contributed by atoms with Crippen molar-refractivity contribution in [1.29, 1.82) is 0 Å². The zero-order valence-electron chi connectivity index (χ0n) is 17.5. The van der Waals surface area contributed by atoms with Crippen LogP contribution in [0.4, 0.5) is 39.5 Å². The third-order valence-corrected chi connectivity index (χ3v) is 4.91. The Morgan fingerprint density at radius 1 is 0.944 bits per heavy atom. The van der Waals surface area contributed by atoms with Crippen LogP contribution in [-0.4, -0.2) is 29.9 Å². The minimum Gasteiger partial charge on any atom is -0.404 e. The normalized spacial score (nSPS) is 14.9. The molecule has 0 atom stereocenters. The van der Waals surface area contributed by atoms with Crippen molar-refractivity contribution < 1.29 is 44.0 Å². The highest BCUT2D eigenvalue weighted by Gasteiger charge is 2.41. The average Bonchev–Trinajstić information content (AvgIpc) is 3.38. The lowest BCUT2D eigenvalue weighted by Crippen LogP contribution is -2.17. The van der Waals surface area contributed by atoms with Crippen LogP contribution in [0.1, 0.15) is 52.3 Å². The summed E-state index contributed by atoms with van der Waals surface area (Å²) in [6, 6.07) is -0.272. The molecular formula is C19H12F9N7O. The Kier molecular flexibility index (Phi) is 6.04. The first-order valence-electron chi connectivity index (χ1n) is 9.80. The molecule has 0 spiro atoms. The Bertz CT molecular complexity index is 1310. The SMILES string of the molecule is NC=C(c1nc(C(F)(F)F)cc(C(F)(F)F)n1)c1noc(Cn2nc(C(F)(F)F)c3c2C=CCC3)n1. The number of allylic oxidation sites excluding steroid dienone is 1. The number of aromatic nitrogens is 6. The van der Waals surface area contributed by atoms with Gasteiger partial charge < -0.3 is 10.3 Å². The van der Waals surface area contributed by atoms with Gasteiger partial charge in [0.15, 0.2) is 11.5 Å². The molecule has 3 heterocycles. The monoisotopic (exact) mass is 525 g/mol. The number of nitrogens with zero attached hydrogens (tertiary/aromatic N) is 6. The van der Waals surface area contributed by atoms with E-state index >= 15 is 0 Å². The van der Waals surface area contributed by atoms with E-state index in [0.717, 1.165) is 4.68 Å². The fourth-order valence-corrected chi connectivity index (χ4v) is 3.38. The Morgan fingerprint density at radius 3 is 2.14 bits per heavy atom. The smallest absolute Gasteiger partial charge is 0.404 e. The van der Waals surface area contributed by atoms with Gasteiger partial charge in [0, 0.05) is 11.8 Å². The molecule has 0 saturated carbocycles. The first kappa shape index (κ1) is 25.2. The minimum absolute atomic E-state index is 0.0377. The lowest BCUT2D eigenvalue weighted by Gasteiger charge is -2.12. The van der Waals surface area contributed by atoms with Gasteiger partial charge in [-0.3, -0.25) is 4.68 Å². The van der Waals surface area contributed by atoms with Crippen molar-refractivity contribution in [2.24, 2.45) is 5.73 Å². The highest BCUT2D eigenvalue weighted by molar-refractivity contribution is 5.71. The fourth-order valence-electron chi connectivity index (χ4n) is 3.38. The van der Waals surface area contributed by atoms with E-state index < -0.39 is 59.4 Å². The summed E-state index contributed by atoms with van der Waals surface area (Å²) in [4.78, 5) is 10.0. The molecule has 0 unspecified atom stereocenters. The summed E-state index contributed by atoms with van der Waals surface area (Å²) < 4.78 is 125. The van der Waals surface area contributed by atoms with Crippen LogP contribution >= 0.6 is 0 Å². The van der Waals surface area contributed by atoms with Crippen LogP contribution < -0.4 is 5.73 Å². The number of alkyl halides is 9. The van der Waals surface area contributed by atoms with E-state index in [9.17, 15) is 39.5 Å². The Morgan fingerprint density at radius 2 is 1.58 bits per heavy atom. The van der Waals surface area contributed by atoms with E-state index in [-0.39, 0.29) is 29.6 Å². The van der Waals surface area contributed by atoms with E-state index in [1.165, 1.54) is 6.08 Å². The van der Waals surface area contributed by atoms with Crippen LogP contribution in [0.25, 0.3) is 11.6 Å². The quantitative estimate of drug-likeness (QED) is 0.501. The molecule has 8 nitrogen and oxygen atoms in total. The highest BCUT2D eigenvalue weighted by atomic mass is 19.4. The second kappa shape index (κ2) is 8.63. The van der Waals surface area contributed by atoms with Gasteiger partial charge in [0.25, 0.3) is 0 Å². The second-order valence-electron chi connectivity index (χ2n) is 7.36. The predicted octanol–water partition coefficient (Wildman–Crippen LogP) is 4.47. The number of hydrogen-bond acceptors (Lipinski definition) is 7. The molecule has 2 N–H and O–H groups in total. The number of rotatable bonds is 4. The molecular weight excluding hydrogens is 513 g/mol. The van der Waals surface area contributed by atoms with E-state index in [4.69, 9.17) is 10.3 Å². The third kappa shape index (κ3) is 4.90. The van der Waals surface area contributed by atoms with Gasteiger partial charge in [0.05, 0.1) is 11.3 Å². The van der Waals surface area contributed by atoms with Gasteiger partial charge in [0.2, 0.25) is 11.7 Å². The van der Waals surface area contributed by atoms with Crippen LogP contribution in [0.3, 0.4) is 0 Å². The van der Waals surface area contributed by atoms with Crippen molar-refractivity contribution in [2.45, 2.75) is 37.9 Å². The first-order chi connectivity index (χ1) is 16.7.